The number of piperidine rings is 1. The van der Waals surface area contributed by atoms with Crippen LogP contribution in [0.4, 0.5) is 0 Å². The molecular weight excluding hydrogens is 140 g/mol. The summed E-state index contributed by atoms with van der Waals surface area (Å²) in [6.45, 7) is 5.11. The lowest BCUT2D eigenvalue weighted by atomic mass is 10.0. The molecule has 3 atom stereocenters. The Balaban J connectivity index is 1.92. The van der Waals surface area contributed by atoms with Gasteiger partial charge in [-0.3, -0.25) is 4.79 Å². The van der Waals surface area contributed by atoms with Crippen LogP contribution in [0.25, 0.3) is 0 Å². The molecule has 2 saturated heterocycles. The molecule has 2 aliphatic rings. The van der Waals surface area contributed by atoms with E-state index in [2.05, 4.69) is 10.2 Å². The minimum Gasteiger partial charge on any atom is -0.352 e. The van der Waals surface area contributed by atoms with Crippen molar-refractivity contribution < 1.29 is 4.79 Å². The summed E-state index contributed by atoms with van der Waals surface area (Å²) in [6.07, 6.45) is 1.27. The van der Waals surface area contributed by atoms with E-state index in [1.807, 2.05) is 0 Å². The zero-order valence-corrected chi connectivity index (χ0v) is 6.84. The van der Waals surface area contributed by atoms with Crippen LogP contribution in [0.3, 0.4) is 0 Å². The second-order valence-electron chi connectivity index (χ2n) is 3.62. The van der Waals surface area contributed by atoms with E-state index in [1.54, 1.807) is 6.92 Å². The zero-order chi connectivity index (χ0) is 7.84. The Bertz CT molecular complexity index is 181. The molecule has 2 bridgehead atoms. The fourth-order valence-electron chi connectivity index (χ4n) is 2.21. The van der Waals surface area contributed by atoms with Gasteiger partial charge in [-0.05, 0) is 18.9 Å². The highest BCUT2D eigenvalue weighted by Crippen LogP contribution is 2.27. The molecule has 11 heavy (non-hydrogen) atoms. The van der Waals surface area contributed by atoms with Gasteiger partial charge in [-0.25, -0.2) is 0 Å². The average molecular weight is 154 g/mol. The van der Waals surface area contributed by atoms with Crippen molar-refractivity contribution in [1.82, 2.24) is 10.2 Å². The Hall–Kier alpha value is -0.570. The number of amides is 1. The maximum atomic E-state index is 10.7. The number of fused-ring (bicyclic) bond motifs is 2. The number of rotatable bonds is 1. The lowest BCUT2D eigenvalue weighted by Gasteiger charge is -2.22. The van der Waals surface area contributed by atoms with Crippen LogP contribution in [-0.4, -0.2) is 36.5 Å². The van der Waals surface area contributed by atoms with Crippen molar-refractivity contribution in [3.63, 3.8) is 0 Å². The molecule has 0 aliphatic carbocycles. The van der Waals surface area contributed by atoms with Crippen LogP contribution in [0.5, 0.6) is 0 Å². The quantitative estimate of drug-likeness (QED) is 0.568. The van der Waals surface area contributed by atoms with Gasteiger partial charge < -0.3 is 10.2 Å². The first kappa shape index (κ1) is 7.10. The molecule has 0 saturated carbocycles. The van der Waals surface area contributed by atoms with Gasteiger partial charge >= 0.3 is 0 Å². The third kappa shape index (κ3) is 1.25. The Morgan fingerprint density at radius 3 is 2.82 bits per heavy atom. The highest BCUT2D eigenvalue weighted by atomic mass is 16.1. The second kappa shape index (κ2) is 2.48. The first-order valence-electron chi connectivity index (χ1n) is 4.25. The van der Waals surface area contributed by atoms with Crippen LogP contribution in [-0.2, 0) is 4.79 Å². The lowest BCUT2D eigenvalue weighted by molar-refractivity contribution is -0.119. The number of nitrogens with zero attached hydrogens (tertiary/aromatic N) is 1. The van der Waals surface area contributed by atoms with E-state index in [0.29, 0.717) is 6.04 Å². The first-order valence-corrected chi connectivity index (χ1v) is 4.25. The number of hydrogen-bond acceptors (Lipinski definition) is 2. The molecule has 0 aromatic heterocycles. The van der Waals surface area contributed by atoms with Crippen molar-refractivity contribution in [2.24, 2.45) is 5.92 Å². The van der Waals surface area contributed by atoms with E-state index in [1.165, 1.54) is 19.5 Å². The fourth-order valence-corrected chi connectivity index (χ4v) is 2.21. The van der Waals surface area contributed by atoms with Gasteiger partial charge in [-0.15, -0.1) is 0 Å². The SMILES string of the molecule is CC(=O)N[C@@H]1CN2CC[C@@H]1C2. The van der Waals surface area contributed by atoms with E-state index in [9.17, 15) is 4.79 Å². The molecule has 3 nitrogen and oxygen atoms in total. The van der Waals surface area contributed by atoms with Gasteiger partial charge in [0.05, 0.1) is 0 Å². The molecular formula is C8H14N2O. The van der Waals surface area contributed by atoms with Crippen LogP contribution in [0.15, 0.2) is 0 Å². The Morgan fingerprint density at radius 2 is 2.36 bits per heavy atom. The van der Waals surface area contributed by atoms with Gasteiger partial charge in [0.1, 0.15) is 0 Å². The fraction of sp³-hybridized carbons (Fsp3) is 0.875. The number of carbonyl (C=O) groups excluding carboxylic acids is 1. The smallest absolute Gasteiger partial charge is 0.217 e. The van der Waals surface area contributed by atoms with E-state index in [4.69, 9.17) is 0 Å². The normalized spacial score (nSPS) is 41.0. The van der Waals surface area contributed by atoms with E-state index >= 15 is 0 Å². The van der Waals surface area contributed by atoms with Crippen molar-refractivity contribution in [3.05, 3.63) is 0 Å². The summed E-state index contributed by atoms with van der Waals surface area (Å²) in [5, 5.41) is 2.99. The maximum absolute atomic E-state index is 10.7. The van der Waals surface area contributed by atoms with Crippen molar-refractivity contribution in [2.75, 3.05) is 19.6 Å². The minimum atomic E-state index is 0.115. The first-order chi connectivity index (χ1) is 5.25. The second-order valence-corrected chi connectivity index (χ2v) is 3.62. The van der Waals surface area contributed by atoms with Gasteiger partial charge in [0.25, 0.3) is 0 Å². The Morgan fingerprint density at radius 1 is 1.55 bits per heavy atom. The topological polar surface area (TPSA) is 32.3 Å². The molecule has 3 heteroatoms. The summed E-state index contributed by atoms with van der Waals surface area (Å²) >= 11 is 0. The molecule has 0 aromatic carbocycles. The highest BCUT2D eigenvalue weighted by molar-refractivity contribution is 5.73. The van der Waals surface area contributed by atoms with Crippen molar-refractivity contribution in [3.8, 4) is 0 Å². The third-order valence-corrected chi connectivity index (χ3v) is 2.72. The summed E-state index contributed by atoms with van der Waals surface area (Å²) in [5.41, 5.74) is 0. The molecule has 0 radical (unpaired) electrons. The van der Waals surface area contributed by atoms with Crippen molar-refractivity contribution in [1.29, 1.82) is 0 Å². The number of nitrogens with one attached hydrogen (secondary N) is 1. The predicted octanol–water partition coefficient (Wildman–Crippen LogP) is -0.173. The van der Waals surface area contributed by atoms with E-state index in [0.717, 1.165) is 12.5 Å². The van der Waals surface area contributed by atoms with Gasteiger partial charge in [0.2, 0.25) is 5.91 Å². The molecule has 0 aromatic rings. The number of hydrogen-bond donors (Lipinski definition) is 1. The summed E-state index contributed by atoms with van der Waals surface area (Å²) in [4.78, 5) is 13.2. The van der Waals surface area contributed by atoms with Crippen LogP contribution in [0, 0.1) is 5.92 Å². The van der Waals surface area contributed by atoms with Gasteiger partial charge in [0, 0.05) is 26.1 Å². The molecule has 1 N–H and O–H groups in total. The summed E-state index contributed by atoms with van der Waals surface area (Å²) in [7, 11) is 0. The van der Waals surface area contributed by atoms with Crippen LogP contribution in [0.1, 0.15) is 13.3 Å². The minimum absolute atomic E-state index is 0.115. The summed E-state index contributed by atoms with van der Waals surface area (Å²) in [6, 6.07) is 0.446. The zero-order valence-electron chi connectivity index (χ0n) is 6.84. The molecule has 62 valence electrons. The molecule has 2 rings (SSSR count). The monoisotopic (exact) mass is 154 g/mol. The molecule has 1 amide bonds. The van der Waals surface area contributed by atoms with E-state index in [-0.39, 0.29) is 5.91 Å². The standard InChI is InChI=1S/C8H14N2O/c1-6(11)9-8-5-10-3-2-7(8)4-10/h7-8H,2-5H2,1H3,(H,9,11)/t7-,8-/m1/s1. The maximum Gasteiger partial charge on any atom is 0.217 e. The Labute approximate surface area is 66.8 Å². The van der Waals surface area contributed by atoms with Crippen LogP contribution >= 0.6 is 0 Å². The van der Waals surface area contributed by atoms with Crippen LogP contribution in [0.2, 0.25) is 0 Å². The largest absolute Gasteiger partial charge is 0.352 e. The molecule has 2 heterocycles. The molecule has 1 unspecified atom stereocenters. The van der Waals surface area contributed by atoms with Gasteiger partial charge in [-0.2, -0.15) is 0 Å². The molecule has 2 fully saturated rings. The summed E-state index contributed by atoms with van der Waals surface area (Å²) in [5.74, 6) is 0.850. The predicted molar refractivity (Wildman–Crippen MR) is 42.2 cm³/mol. The van der Waals surface area contributed by atoms with Crippen molar-refractivity contribution in [2.45, 2.75) is 19.4 Å². The van der Waals surface area contributed by atoms with Gasteiger partial charge in [-0.1, -0.05) is 0 Å². The van der Waals surface area contributed by atoms with Crippen molar-refractivity contribution >= 4 is 5.91 Å². The Kier molecular flexibility index (Phi) is 1.60. The molecule has 0 spiro atoms. The van der Waals surface area contributed by atoms with Gasteiger partial charge in [0.15, 0.2) is 0 Å². The third-order valence-electron chi connectivity index (χ3n) is 2.72. The average Bonchev–Trinajstić information content (AvgIpc) is 2.45. The van der Waals surface area contributed by atoms with Crippen LogP contribution < -0.4 is 5.32 Å². The molecule has 2 aliphatic heterocycles. The van der Waals surface area contributed by atoms with E-state index < -0.39 is 0 Å². The lowest BCUT2D eigenvalue weighted by Crippen LogP contribution is -2.42. The number of carbonyl (C=O) groups is 1. The highest BCUT2D eigenvalue weighted by Gasteiger charge is 2.37. The summed E-state index contributed by atoms with van der Waals surface area (Å²) < 4.78 is 0.